The van der Waals surface area contributed by atoms with Crippen LogP contribution in [0.25, 0.3) is 0 Å². The van der Waals surface area contributed by atoms with E-state index < -0.39 is 0 Å². The van der Waals surface area contributed by atoms with Crippen molar-refractivity contribution in [3.8, 4) is 0 Å². The predicted molar refractivity (Wildman–Crippen MR) is 87.6 cm³/mol. The Balaban J connectivity index is 1.93. The summed E-state index contributed by atoms with van der Waals surface area (Å²) in [6, 6.07) is 8.28. The molecule has 1 amide bonds. The van der Waals surface area contributed by atoms with Crippen LogP contribution in [0.3, 0.4) is 0 Å². The molecule has 0 fully saturated rings. The normalized spacial score (nSPS) is 17.2. The minimum Gasteiger partial charge on any atom is -0.384 e. The van der Waals surface area contributed by atoms with Gasteiger partial charge in [0.05, 0.1) is 5.92 Å². The third-order valence-electron chi connectivity index (χ3n) is 4.10. The Morgan fingerprint density at radius 3 is 2.76 bits per heavy atom. The number of rotatable bonds is 6. The Morgan fingerprint density at radius 1 is 1.29 bits per heavy atom. The molecule has 0 radical (unpaired) electrons. The summed E-state index contributed by atoms with van der Waals surface area (Å²) < 4.78 is 0. The number of hydrogen-bond acceptors (Lipinski definition) is 3. The fraction of sp³-hybridized carbons (Fsp3) is 0.588. The van der Waals surface area contributed by atoms with Crippen LogP contribution in [0.15, 0.2) is 24.3 Å². The van der Waals surface area contributed by atoms with Crippen LogP contribution in [0.2, 0.25) is 0 Å². The van der Waals surface area contributed by atoms with Gasteiger partial charge in [0.15, 0.2) is 0 Å². The first-order chi connectivity index (χ1) is 10.1. The molecule has 2 rings (SSSR count). The monoisotopic (exact) mass is 289 g/mol. The van der Waals surface area contributed by atoms with Crippen LogP contribution < -0.4 is 5.32 Å². The van der Waals surface area contributed by atoms with Gasteiger partial charge < -0.3 is 15.1 Å². The van der Waals surface area contributed by atoms with Crippen molar-refractivity contribution in [1.82, 2.24) is 9.80 Å². The molecule has 0 aromatic heterocycles. The number of carbonyl (C=O) groups is 1. The van der Waals surface area contributed by atoms with Gasteiger partial charge in [-0.05, 0) is 52.0 Å². The van der Waals surface area contributed by atoms with Crippen LogP contribution >= 0.6 is 0 Å². The molecule has 0 saturated carbocycles. The third-order valence-corrected chi connectivity index (χ3v) is 4.10. The van der Waals surface area contributed by atoms with Crippen LogP contribution in [0, 0.1) is 5.92 Å². The number of hydrogen-bond donors (Lipinski definition) is 1. The van der Waals surface area contributed by atoms with Crippen LogP contribution in [-0.2, 0) is 11.2 Å². The van der Waals surface area contributed by atoms with Gasteiger partial charge in [-0.15, -0.1) is 0 Å². The van der Waals surface area contributed by atoms with E-state index in [1.54, 1.807) is 0 Å². The number of amides is 1. The van der Waals surface area contributed by atoms with Gasteiger partial charge in [0.25, 0.3) is 0 Å². The molecule has 1 aromatic rings. The van der Waals surface area contributed by atoms with Gasteiger partial charge in [0.1, 0.15) is 0 Å². The molecule has 1 aliphatic rings. The molecular weight excluding hydrogens is 262 g/mol. The predicted octanol–water partition coefficient (Wildman–Crippen LogP) is 2.07. The molecule has 116 valence electrons. The fourth-order valence-electron chi connectivity index (χ4n) is 2.88. The average molecular weight is 289 g/mol. The summed E-state index contributed by atoms with van der Waals surface area (Å²) >= 11 is 0. The smallest absolute Gasteiger partial charge is 0.227 e. The molecule has 21 heavy (non-hydrogen) atoms. The maximum atomic E-state index is 12.7. The number of nitrogens with one attached hydrogen (secondary N) is 1. The Morgan fingerprint density at radius 2 is 2.05 bits per heavy atom. The van der Waals surface area contributed by atoms with Crippen LogP contribution in [0.4, 0.5) is 5.69 Å². The highest BCUT2D eigenvalue weighted by Gasteiger charge is 2.27. The van der Waals surface area contributed by atoms with E-state index in [9.17, 15) is 4.79 Å². The maximum Gasteiger partial charge on any atom is 0.227 e. The number of benzene rings is 1. The van der Waals surface area contributed by atoms with Gasteiger partial charge in [0, 0.05) is 25.3 Å². The number of anilines is 1. The average Bonchev–Trinajstić information content (AvgIpc) is 2.50. The van der Waals surface area contributed by atoms with Gasteiger partial charge in [-0.1, -0.05) is 18.2 Å². The molecule has 1 N–H and O–H groups in total. The van der Waals surface area contributed by atoms with E-state index in [0.29, 0.717) is 5.91 Å². The van der Waals surface area contributed by atoms with Crippen LogP contribution in [-0.4, -0.2) is 56.0 Å². The van der Waals surface area contributed by atoms with Gasteiger partial charge in [0.2, 0.25) is 5.91 Å². The van der Waals surface area contributed by atoms with Crippen LogP contribution in [0.5, 0.6) is 0 Å². The van der Waals surface area contributed by atoms with E-state index in [2.05, 4.69) is 43.4 Å². The molecule has 0 bridgehead atoms. The molecular formula is C17H27N3O. The van der Waals surface area contributed by atoms with E-state index in [0.717, 1.165) is 39.0 Å². The summed E-state index contributed by atoms with van der Waals surface area (Å²) in [6.45, 7) is 5.49. The van der Waals surface area contributed by atoms with E-state index >= 15 is 0 Å². The summed E-state index contributed by atoms with van der Waals surface area (Å²) in [5, 5.41) is 3.39. The second-order valence-electron chi connectivity index (χ2n) is 6.01. The lowest BCUT2D eigenvalue weighted by molar-refractivity contribution is -0.135. The van der Waals surface area contributed by atoms with Crippen molar-refractivity contribution in [2.75, 3.05) is 45.6 Å². The molecule has 1 unspecified atom stereocenters. The molecule has 0 aliphatic carbocycles. The lowest BCUT2D eigenvalue weighted by atomic mass is 9.93. The SMILES string of the molecule is CCN(CCCN(C)C)C(=O)C1CNc2ccccc2C1. The minimum absolute atomic E-state index is 0.0687. The largest absolute Gasteiger partial charge is 0.384 e. The van der Waals surface area contributed by atoms with Crippen molar-refractivity contribution in [3.05, 3.63) is 29.8 Å². The van der Waals surface area contributed by atoms with Crippen molar-refractivity contribution in [2.45, 2.75) is 19.8 Å². The molecule has 1 aliphatic heterocycles. The van der Waals surface area contributed by atoms with Gasteiger partial charge in [-0.3, -0.25) is 4.79 Å². The van der Waals surface area contributed by atoms with E-state index in [1.807, 2.05) is 17.0 Å². The maximum absolute atomic E-state index is 12.7. The lowest BCUT2D eigenvalue weighted by Gasteiger charge is -2.30. The first-order valence-electron chi connectivity index (χ1n) is 7.87. The Labute approximate surface area is 128 Å². The summed E-state index contributed by atoms with van der Waals surface area (Å²) in [7, 11) is 4.14. The zero-order valence-corrected chi connectivity index (χ0v) is 13.4. The number of nitrogens with zero attached hydrogens (tertiary/aromatic N) is 2. The third kappa shape index (κ3) is 4.21. The number of carbonyl (C=O) groups excluding carboxylic acids is 1. The zero-order valence-electron chi connectivity index (χ0n) is 13.4. The quantitative estimate of drug-likeness (QED) is 0.871. The first kappa shape index (κ1) is 15.8. The number of fused-ring (bicyclic) bond motifs is 1. The van der Waals surface area contributed by atoms with Crippen molar-refractivity contribution < 1.29 is 4.79 Å². The van der Waals surface area contributed by atoms with E-state index in [-0.39, 0.29) is 5.92 Å². The molecule has 4 nitrogen and oxygen atoms in total. The van der Waals surface area contributed by atoms with Crippen molar-refractivity contribution in [1.29, 1.82) is 0 Å². The fourth-order valence-corrected chi connectivity index (χ4v) is 2.88. The Bertz CT molecular complexity index is 473. The Hall–Kier alpha value is -1.55. The highest BCUT2D eigenvalue weighted by Crippen LogP contribution is 2.25. The summed E-state index contributed by atoms with van der Waals surface area (Å²) in [4.78, 5) is 16.9. The summed E-state index contributed by atoms with van der Waals surface area (Å²) in [5.74, 6) is 0.359. The highest BCUT2D eigenvalue weighted by atomic mass is 16.2. The topological polar surface area (TPSA) is 35.6 Å². The molecule has 4 heteroatoms. The van der Waals surface area contributed by atoms with E-state index in [1.165, 1.54) is 11.3 Å². The summed E-state index contributed by atoms with van der Waals surface area (Å²) in [6.07, 6.45) is 1.88. The van der Waals surface area contributed by atoms with Gasteiger partial charge >= 0.3 is 0 Å². The van der Waals surface area contributed by atoms with Crippen LogP contribution in [0.1, 0.15) is 18.9 Å². The van der Waals surface area contributed by atoms with Crippen molar-refractivity contribution in [3.63, 3.8) is 0 Å². The second-order valence-corrected chi connectivity index (χ2v) is 6.01. The van der Waals surface area contributed by atoms with Gasteiger partial charge in [-0.25, -0.2) is 0 Å². The van der Waals surface area contributed by atoms with Crippen molar-refractivity contribution in [2.24, 2.45) is 5.92 Å². The molecule has 1 atom stereocenters. The van der Waals surface area contributed by atoms with Gasteiger partial charge in [-0.2, -0.15) is 0 Å². The molecule has 1 aromatic carbocycles. The van der Waals surface area contributed by atoms with E-state index in [4.69, 9.17) is 0 Å². The zero-order chi connectivity index (χ0) is 15.2. The molecule has 0 saturated heterocycles. The highest BCUT2D eigenvalue weighted by molar-refractivity contribution is 5.81. The minimum atomic E-state index is 0.0687. The summed E-state index contributed by atoms with van der Waals surface area (Å²) in [5.41, 5.74) is 2.43. The second kappa shape index (κ2) is 7.46. The number of para-hydroxylation sites is 1. The lowest BCUT2D eigenvalue weighted by Crippen LogP contribution is -2.42. The molecule has 0 spiro atoms. The van der Waals surface area contributed by atoms with Crippen molar-refractivity contribution >= 4 is 11.6 Å². The standard InChI is InChI=1S/C17H27N3O/c1-4-20(11-7-10-19(2)3)17(21)15-12-14-8-5-6-9-16(14)18-13-15/h5-6,8-9,15,18H,4,7,10-13H2,1-3H3. The Kier molecular flexibility index (Phi) is 5.62. The first-order valence-corrected chi connectivity index (χ1v) is 7.87. The molecule has 1 heterocycles.